The number of aryl methyl sites for hydroxylation is 1. The number of hydrogen-bond acceptors (Lipinski definition) is 5. The maximum atomic E-state index is 12.2. The number of aromatic nitrogens is 1. The Morgan fingerprint density at radius 1 is 1.29 bits per heavy atom. The number of nitriles is 1. The number of hydrogen-bond donors (Lipinski definition) is 0. The third-order valence-corrected chi connectivity index (χ3v) is 4.61. The minimum absolute atomic E-state index is 0.182. The van der Waals surface area contributed by atoms with Gasteiger partial charge < -0.3 is 14.0 Å². The molecule has 0 fully saturated rings. The number of methoxy groups -OCH3 is 1. The molecular formula is C21H21ClN2O4. The Kier molecular flexibility index (Phi) is 7.56. The van der Waals surface area contributed by atoms with Crippen LogP contribution in [0.25, 0.3) is 6.08 Å². The summed E-state index contributed by atoms with van der Waals surface area (Å²) in [6.45, 7) is 4.56. The van der Waals surface area contributed by atoms with Gasteiger partial charge >= 0.3 is 5.97 Å². The summed E-state index contributed by atoms with van der Waals surface area (Å²) in [5.41, 5.74) is 2.71. The first-order valence-electron chi connectivity index (χ1n) is 8.61. The van der Waals surface area contributed by atoms with Crippen LogP contribution in [0.3, 0.4) is 0 Å². The zero-order valence-corrected chi connectivity index (χ0v) is 16.7. The van der Waals surface area contributed by atoms with E-state index in [0.717, 1.165) is 17.0 Å². The number of benzene rings is 1. The van der Waals surface area contributed by atoms with Crippen molar-refractivity contribution in [2.24, 2.45) is 0 Å². The van der Waals surface area contributed by atoms with Crippen molar-refractivity contribution in [3.05, 3.63) is 63.4 Å². The molecule has 7 heteroatoms. The molecule has 2 rings (SSSR count). The van der Waals surface area contributed by atoms with Crippen LogP contribution in [-0.4, -0.2) is 36.6 Å². The number of rotatable bonds is 8. The second-order valence-corrected chi connectivity index (χ2v) is 6.53. The van der Waals surface area contributed by atoms with Gasteiger partial charge in [-0.3, -0.25) is 4.79 Å². The van der Waals surface area contributed by atoms with Gasteiger partial charge in [0, 0.05) is 30.6 Å². The molecule has 0 spiro atoms. The largest absolute Gasteiger partial charge is 0.453 e. The first kappa shape index (κ1) is 21.4. The summed E-state index contributed by atoms with van der Waals surface area (Å²) < 4.78 is 12.2. The molecule has 0 saturated heterocycles. The lowest BCUT2D eigenvalue weighted by Gasteiger charge is -2.08. The minimum atomic E-state index is -0.857. The molecule has 0 aliphatic rings. The maximum absolute atomic E-state index is 12.2. The number of nitrogens with zero attached hydrogens (tertiary/aromatic N) is 2. The van der Waals surface area contributed by atoms with Crippen LogP contribution in [0.15, 0.2) is 35.9 Å². The van der Waals surface area contributed by atoms with Crippen molar-refractivity contribution in [2.45, 2.75) is 20.4 Å². The summed E-state index contributed by atoms with van der Waals surface area (Å²) in [6, 6.07) is 10.2. The predicted octanol–water partition coefficient (Wildman–Crippen LogP) is 3.74. The molecule has 28 heavy (non-hydrogen) atoms. The fourth-order valence-corrected chi connectivity index (χ4v) is 3.01. The highest BCUT2D eigenvalue weighted by molar-refractivity contribution is 6.34. The van der Waals surface area contributed by atoms with E-state index in [4.69, 9.17) is 21.1 Å². The molecule has 1 aromatic carbocycles. The highest BCUT2D eigenvalue weighted by Gasteiger charge is 2.17. The van der Waals surface area contributed by atoms with Gasteiger partial charge in [-0.2, -0.15) is 5.26 Å². The summed E-state index contributed by atoms with van der Waals surface area (Å²) in [7, 11) is 1.63. The Balaban J connectivity index is 2.12. The molecule has 0 N–H and O–H groups in total. The van der Waals surface area contributed by atoms with E-state index in [-0.39, 0.29) is 16.2 Å². The molecular weight excluding hydrogens is 380 g/mol. The van der Waals surface area contributed by atoms with Gasteiger partial charge in [0.05, 0.1) is 11.6 Å². The van der Waals surface area contributed by atoms with E-state index >= 15 is 0 Å². The molecule has 0 atom stereocenters. The van der Waals surface area contributed by atoms with Crippen LogP contribution in [-0.2, 0) is 20.8 Å². The monoisotopic (exact) mass is 400 g/mol. The van der Waals surface area contributed by atoms with Crippen molar-refractivity contribution >= 4 is 29.4 Å². The number of Topliss-reactive ketones (excluding diaryl/α,β-unsaturated/α-hetero) is 1. The van der Waals surface area contributed by atoms with Crippen molar-refractivity contribution in [2.75, 3.05) is 20.3 Å². The quantitative estimate of drug-likeness (QED) is 0.292. The van der Waals surface area contributed by atoms with Gasteiger partial charge in [0.1, 0.15) is 11.6 Å². The zero-order valence-electron chi connectivity index (χ0n) is 16.0. The van der Waals surface area contributed by atoms with Crippen LogP contribution in [0.2, 0.25) is 5.02 Å². The smallest absolute Gasteiger partial charge is 0.349 e. The fourth-order valence-electron chi connectivity index (χ4n) is 2.77. The number of ether oxygens (including phenoxy) is 2. The number of carbonyl (C=O) groups excluding carboxylic acids is 2. The van der Waals surface area contributed by atoms with Gasteiger partial charge in [-0.05, 0) is 43.7 Å². The highest BCUT2D eigenvalue weighted by Crippen LogP contribution is 2.19. The van der Waals surface area contributed by atoms with Gasteiger partial charge in [0.25, 0.3) is 0 Å². The Bertz CT molecular complexity index is 954. The first-order chi connectivity index (χ1) is 13.4. The summed E-state index contributed by atoms with van der Waals surface area (Å²) >= 11 is 5.97. The van der Waals surface area contributed by atoms with Crippen LogP contribution < -0.4 is 0 Å². The Labute approximate surface area is 168 Å². The molecule has 0 bridgehead atoms. The van der Waals surface area contributed by atoms with E-state index in [1.807, 2.05) is 30.6 Å². The van der Waals surface area contributed by atoms with E-state index in [2.05, 4.69) is 0 Å². The Morgan fingerprint density at radius 3 is 2.64 bits per heavy atom. The third-order valence-electron chi connectivity index (χ3n) is 4.28. The van der Waals surface area contributed by atoms with Crippen molar-refractivity contribution in [3.8, 4) is 6.07 Å². The van der Waals surface area contributed by atoms with E-state index in [0.29, 0.717) is 13.2 Å². The van der Waals surface area contributed by atoms with Gasteiger partial charge in [0.15, 0.2) is 6.61 Å². The zero-order chi connectivity index (χ0) is 20.7. The lowest BCUT2D eigenvalue weighted by Crippen LogP contribution is -2.15. The van der Waals surface area contributed by atoms with Gasteiger partial charge in [-0.1, -0.05) is 23.7 Å². The highest BCUT2D eigenvalue weighted by atomic mass is 35.5. The van der Waals surface area contributed by atoms with Crippen molar-refractivity contribution in [3.63, 3.8) is 0 Å². The molecule has 0 aliphatic heterocycles. The van der Waals surface area contributed by atoms with Crippen LogP contribution in [0, 0.1) is 25.2 Å². The van der Waals surface area contributed by atoms with Gasteiger partial charge in [-0.25, -0.2) is 4.79 Å². The van der Waals surface area contributed by atoms with E-state index in [1.165, 1.54) is 6.08 Å². The van der Waals surface area contributed by atoms with Crippen molar-refractivity contribution in [1.82, 2.24) is 4.57 Å². The summed E-state index contributed by atoms with van der Waals surface area (Å²) in [5.74, 6) is -1.29. The number of halogens is 1. The second kappa shape index (κ2) is 9.88. The Hall–Kier alpha value is -2.88. The van der Waals surface area contributed by atoms with Crippen molar-refractivity contribution in [1.29, 1.82) is 5.26 Å². The Morgan fingerprint density at radius 2 is 2.00 bits per heavy atom. The fraction of sp³-hybridized carbons (Fsp3) is 0.286. The average molecular weight is 401 g/mol. The molecule has 0 aliphatic carbocycles. The van der Waals surface area contributed by atoms with Crippen LogP contribution in [0.4, 0.5) is 0 Å². The average Bonchev–Trinajstić information content (AvgIpc) is 2.95. The van der Waals surface area contributed by atoms with Crippen LogP contribution in [0.1, 0.15) is 27.3 Å². The van der Waals surface area contributed by atoms with Crippen LogP contribution in [0.5, 0.6) is 0 Å². The molecule has 6 nitrogen and oxygen atoms in total. The number of carbonyl (C=O) groups is 2. The molecule has 0 saturated carbocycles. The topological polar surface area (TPSA) is 81.3 Å². The summed E-state index contributed by atoms with van der Waals surface area (Å²) in [4.78, 5) is 24.4. The SMILES string of the molecule is COCCn1c(C)cc(/C=C(\C#N)C(=O)OCC(=O)c2ccccc2Cl)c1C. The normalized spacial score (nSPS) is 11.2. The lowest BCUT2D eigenvalue weighted by molar-refractivity contribution is -0.137. The van der Waals surface area contributed by atoms with Crippen molar-refractivity contribution < 1.29 is 19.1 Å². The number of ketones is 1. The van der Waals surface area contributed by atoms with Gasteiger partial charge in [-0.15, -0.1) is 0 Å². The summed E-state index contributed by atoms with van der Waals surface area (Å²) in [5, 5.41) is 9.62. The van der Waals surface area contributed by atoms with Gasteiger partial charge in [0.2, 0.25) is 5.78 Å². The van der Waals surface area contributed by atoms with E-state index in [1.54, 1.807) is 31.4 Å². The molecule has 1 heterocycles. The molecule has 1 aromatic heterocycles. The molecule has 146 valence electrons. The first-order valence-corrected chi connectivity index (χ1v) is 8.99. The molecule has 0 amide bonds. The standard InChI is InChI=1S/C21H21ClN2O4/c1-14-10-16(15(2)24(14)8-9-27-3)11-17(12-23)21(26)28-13-20(25)18-6-4-5-7-19(18)22/h4-7,10-11H,8-9,13H2,1-3H3/b17-11+. The molecule has 0 unspecified atom stereocenters. The second-order valence-electron chi connectivity index (χ2n) is 6.12. The minimum Gasteiger partial charge on any atom is -0.453 e. The van der Waals surface area contributed by atoms with Crippen LogP contribution >= 0.6 is 11.6 Å². The predicted molar refractivity (Wildman–Crippen MR) is 106 cm³/mol. The molecule has 2 aromatic rings. The number of esters is 1. The maximum Gasteiger partial charge on any atom is 0.349 e. The van der Waals surface area contributed by atoms with E-state index in [9.17, 15) is 14.9 Å². The summed E-state index contributed by atoms with van der Waals surface area (Å²) in [6.07, 6.45) is 1.47. The molecule has 0 radical (unpaired) electrons. The lowest BCUT2D eigenvalue weighted by atomic mass is 10.1. The van der Waals surface area contributed by atoms with E-state index < -0.39 is 18.4 Å². The third kappa shape index (κ3) is 5.10.